The Bertz CT molecular complexity index is 410. The fourth-order valence-electron chi connectivity index (χ4n) is 1.05. The van der Waals surface area contributed by atoms with Crippen LogP contribution >= 0.6 is 22.9 Å². The molecule has 0 fully saturated rings. The average molecular weight is 198 g/mol. The molecule has 0 aliphatic rings. The van der Waals surface area contributed by atoms with Crippen LogP contribution in [0.1, 0.15) is 5.56 Å². The maximum Gasteiger partial charge on any atom is 0.153 e. The molecule has 0 atom stereocenters. The number of nitrogens with zero attached hydrogens (tertiary/aromatic N) is 1. The van der Waals surface area contributed by atoms with Gasteiger partial charge in [-0.3, -0.25) is 0 Å². The molecule has 0 saturated heterocycles. The van der Waals surface area contributed by atoms with E-state index >= 15 is 0 Å². The van der Waals surface area contributed by atoms with Gasteiger partial charge in [0.1, 0.15) is 5.52 Å². The van der Waals surface area contributed by atoms with Crippen LogP contribution in [-0.4, -0.2) is 4.98 Å². The third kappa shape index (κ3) is 1.20. The lowest BCUT2D eigenvalue weighted by atomic mass is 10.2. The summed E-state index contributed by atoms with van der Waals surface area (Å²) < 4.78 is 1.04. The predicted octanol–water partition coefficient (Wildman–Crippen LogP) is 2.21. The van der Waals surface area contributed by atoms with Gasteiger partial charge in [0.2, 0.25) is 0 Å². The van der Waals surface area contributed by atoms with Crippen molar-refractivity contribution in [1.29, 1.82) is 0 Å². The van der Waals surface area contributed by atoms with Gasteiger partial charge >= 0.3 is 0 Å². The van der Waals surface area contributed by atoms with Crippen molar-refractivity contribution in [2.75, 3.05) is 0 Å². The molecule has 2 aromatic rings. The maximum atomic E-state index is 5.95. The number of hydrogen-bond donors (Lipinski definition) is 1. The quantitative estimate of drug-likeness (QED) is 0.762. The highest BCUT2D eigenvalue weighted by Gasteiger charge is 2.03. The third-order valence-corrected chi connectivity index (χ3v) is 2.64. The minimum absolute atomic E-state index is 0.507. The van der Waals surface area contributed by atoms with Crippen LogP contribution in [0.4, 0.5) is 0 Å². The largest absolute Gasteiger partial charge is 0.326 e. The molecular weight excluding hydrogens is 192 g/mol. The van der Waals surface area contributed by atoms with Crippen LogP contribution < -0.4 is 5.73 Å². The number of thiazole rings is 1. The summed E-state index contributed by atoms with van der Waals surface area (Å²) >= 11 is 7.41. The molecule has 1 radical (unpaired) electrons. The van der Waals surface area contributed by atoms with Gasteiger partial charge in [0.15, 0.2) is 5.51 Å². The van der Waals surface area contributed by atoms with E-state index in [0.29, 0.717) is 11.6 Å². The summed E-state index contributed by atoms with van der Waals surface area (Å²) in [6.07, 6.45) is 0. The van der Waals surface area contributed by atoms with E-state index in [1.807, 2.05) is 12.1 Å². The molecule has 2 rings (SSSR count). The first kappa shape index (κ1) is 7.98. The predicted molar refractivity (Wildman–Crippen MR) is 51.4 cm³/mol. The van der Waals surface area contributed by atoms with Gasteiger partial charge in [0.25, 0.3) is 0 Å². The van der Waals surface area contributed by atoms with Gasteiger partial charge in [-0.05, 0) is 17.7 Å². The fraction of sp³-hybridized carbons (Fsp3) is 0.125. The van der Waals surface area contributed by atoms with Gasteiger partial charge in [-0.2, -0.15) is 0 Å². The molecule has 12 heavy (non-hydrogen) atoms. The number of hydrogen-bond acceptors (Lipinski definition) is 3. The van der Waals surface area contributed by atoms with Gasteiger partial charge in [-0.15, -0.1) is 11.3 Å². The molecule has 0 aliphatic heterocycles. The Hall–Kier alpha value is -0.640. The molecule has 61 valence electrons. The summed E-state index contributed by atoms with van der Waals surface area (Å²) in [6, 6.07) is 3.84. The van der Waals surface area contributed by atoms with Crippen molar-refractivity contribution in [2.45, 2.75) is 6.54 Å². The van der Waals surface area contributed by atoms with Crippen LogP contribution in [0.3, 0.4) is 0 Å². The molecule has 0 saturated carbocycles. The zero-order chi connectivity index (χ0) is 8.55. The SMILES string of the molecule is NCc1cc(Cl)c2n[c]sc2c1. The number of aromatic nitrogens is 1. The van der Waals surface area contributed by atoms with Crippen LogP contribution in [0, 0.1) is 5.51 Å². The van der Waals surface area contributed by atoms with Crippen LogP contribution in [0.2, 0.25) is 5.02 Å². The van der Waals surface area contributed by atoms with E-state index in [0.717, 1.165) is 15.8 Å². The Morgan fingerprint density at radius 3 is 3.17 bits per heavy atom. The second-order valence-corrected chi connectivity index (χ2v) is 3.67. The Kier molecular flexibility index (Phi) is 2.00. The number of benzene rings is 1. The lowest BCUT2D eigenvalue weighted by molar-refractivity contribution is 1.08. The van der Waals surface area contributed by atoms with E-state index in [9.17, 15) is 0 Å². The van der Waals surface area contributed by atoms with Crippen LogP contribution in [0.5, 0.6) is 0 Å². The van der Waals surface area contributed by atoms with Crippen molar-refractivity contribution in [3.05, 3.63) is 28.2 Å². The summed E-state index contributed by atoms with van der Waals surface area (Å²) in [5, 5.41) is 0.658. The molecule has 2 N–H and O–H groups in total. The molecule has 0 bridgehead atoms. The average Bonchev–Trinajstić information content (AvgIpc) is 2.52. The number of nitrogens with two attached hydrogens (primary N) is 1. The van der Waals surface area contributed by atoms with E-state index in [1.54, 1.807) is 0 Å². The second-order valence-electron chi connectivity index (χ2n) is 2.43. The Balaban J connectivity index is 2.75. The highest BCUT2D eigenvalue weighted by Crippen LogP contribution is 2.26. The summed E-state index contributed by atoms with van der Waals surface area (Å²) in [7, 11) is 0. The molecule has 2 nitrogen and oxygen atoms in total. The van der Waals surface area contributed by atoms with Gasteiger partial charge < -0.3 is 5.73 Å². The lowest BCUT2D eigenvalue weighted by Crippen LogP contribution is -1.95. The summed E-state index contributed by atoms with van der Waals surface area (Å²) in [5.41, 5.74) is 10.1. The summed E-state index contributed by atoms with van der Waals surface area (Å²) in [6.45, 7) is 0.507. The molecule has 4 heteroatoms. The minimum Gasteiger partial charge on any atom is -0.326 e. The van der Waals surface area contributed by atoms with Crippen molar-refractivity contribution < 1.29 is 0 Å². The van der Waals surface area contributed by atoms with Crippen molar-refractivity contribution in [3.63, 3.8) is 0 Å². The second kappa shape index (κ2) is 3.01. The van der Waals surface area contributed by atoms with Crippen LogP contribution in [0.25, 0.3) is 10.2 Å². The molecule has 0 spiro atoms. The first-order chi connectivity index (χ1) is 5.81. The zero-order valence-corrected chi connectivity index (χ0v) is 7.75. The van der Waals surface area contributed by atoms with E-state index in [4.69, 9.17) is 17.3 Å². The Morgan fingerprint density at radius 2 is 2.42 bits per heavy atom. The van der Waals surface area contributed by atoms with E-state index in [1.165, 1.54) is 11.3 Å². The van der Waals surface area contributed by atoms with E-state index in [2.05, 4.69) is 10.5 Å². The Morgan fingerprint density at radius 1 is 1.58 bits per heavy atom. The Labute approximate surface area is 79.0 Å². The van der Waals surface area contributed by atoms with Gasteiger partial charge in [-0.25, -0.2) is 4.98 Å². The molecule has 1 aromatic heterocycles. The highest BCUT2D eigenvalue weighted by molar-refractivity contribution is 7.16. The first-order valence-electron chi connectivity index (χ1n) is 3.46. The normalized spacial score (nSPS) is 10.8. The van der Waals surface area contributed by atoms with E-state index < -0.39 is 0 Å². The van der Waals surface area contributed by atoms with E-state index in [-0.39, 0.29) is 0 Å². The molecule has 1 aromatic carbocycles. The summed E-state index contributed by atoms with van der Waals surface area (Å²) in [5.74, 6) is 0. The van der Waals surface area contributed by atoms with Gasteiger partial charge in [0.05, 0.1) is 9.72 Å². The molecule has 0 amide bonds. The maximum absolute atomic E-state index is 5.95. The molecule has 0 unspecified atom stereocenters. The van der Waals surface area contributed by atoms with Gasteiger partial charge in [0, 0.05) is 6.54 Å². The van der Waals surface area contributed by atoms with Crippen LogP contribution in [0.15, 0.2) is 12.1 Å². The molecule has 0 aliphatic carbocycles. The van der Waals surface area contributed by atoms with Crippen molar-refractivity contribution in [1.82, 2.24) is 4.98 Å². The van der Waals surface area contributed by atoms with Gasteiger partial charge in [-0.1, -0.05) is 11.6 Å². The zero-order valence-electron chi connectivity index (χ0n) is 6.17. The standard InChI is InChI=1S/C8H6ClN2S/c9-6-1-5(3-10)2-7-8(6)11-4-12-7/h1-2H,3,10H2. The highest BCUT2D eigenvalue weighted by atomic mass is 35.5. The topological polar surface area (TPSA) is 38.9 Å². The first-order valence-corrected chi connectivity index (χ1v) is 4.66. The van der Waals surface area contributed by atoms with Crippen LogP contribution in [-0.2, 0) is 6.54 Å². The monoisotopic (exact) mass is 197 g/mol. The number of rotatable bonds is 1. The van der Waals surface area contributed by atoms with Crippen molar-refractivity contribution in [2.24, 2.45) is 5.73 Å². The smallest absolute Gasteiger partial charge is 0.153 e. The number of fused-ring (bicyclic) bond motifs is 1. The number of halogens is 1. The summed E-state index contributed by atoms with van der Waals surface area (Å²) in [4.78, 5) is 4.01. The van der Waals surface area contributed by atoms with Crippen molar-refractivity contribution in [3.8, 4) is 0 Å². The lowest BCUT2D eigenvalue weighted by Gasteiger charge is -1.97. The van der Waals surface area contributed by atoms with Crippen molar-refractivity contribution >= 4 is 33.2 Å². The minimum atomic E-state index is 0.507. The molecular formula is C8H6ClN2S. The third-order valence-electron chi connectivity index (χ3n) is 1.64. The molecule has 1 heterocycles. The fourth-order valence-corrected chi connectivity index (χ4v) is 2.09.